The molecule has 46 heavy (non-hydrogen) atoms. The lowest BCUT2D eigenvalue weighted by Crippen LogP contribution is -2.33. The molecule has 0 aromatic heterocycles. The van der Waals surface area contributed by atoms with Gasteiger partial charge in [0, 0.05) is 25.5 Å². The highest BCUT2D eigenvalue weighted by Gasteiger charge is 2.21. The van der Waals surface area contributed by atoms with E-state index in [1.807, 2.05) is 58.3 Å². The predicted octanol–water partition coefficient (Wildman–Crippen LogP) is 8.78. The number of ether oxygens (including phenoxy) is 1. The van der Waals surface area contributed by atoms with Gasteiger partial charge in [-0.3, -0.25) is 4.79 Å². The molecule has 5 atom stereocenters. The first kappa shape index (κ1) is 39.8. The summed E-state index contributed by atoms with van der Waals surface area (Å²) in [5.41, 5.74) is 1.69. The minimum Gasteiger partial charge on any atom is -0.388 e. The van der Waals surface area contributed by atoms with Crippen molar-refractivity contribution in [2.75, 3.05) is 7.11 Å². The fraction of sp³-hybridized carbons (Fsp3) is 0.605. The van der Waals surface area contributed by atoms with Crippen molar-refractivity contribution < 1.29 is 27.4 Å². The lowest BCUT2D eigenvalue weighted by Gasteiger charge is -2.28. The zero-order valence-electron chi connectivity index (χ0n) is 28.7. The van der Waals surface area contributed by atoms with Crippen LogP contribution in [0.15, 0.2) is 76.8 Å². The quantitative estimate of drug-likeness (QED) is 0.0782. The third-order valence-corrected chi connectivity index (χ3v) is 10.7. The van der Waals surface area contributed by atoms with Crippen molar-refractivity contribution in [3.8, 4) is 0 Å². The first-order valence-corrected chi connectivity index (χ1v) is 18.6. The Kier molecular flexibility index (Phi) is 18.6. The average Bonchev–Trinajstić information content (AvgIpc) is 3.03. The summed E-state index contributed by atoms with van der Waals surface area (Å²) in [6.07, 6.45) is 25.0. The number of hydrogen-bond donors (Lipinski definition) is 2. The van der Waals surface area contributed by atoms with Crippen LogP contribution in [0.2, 0.25) is 0 Å². The van der Waals surface area contributed by atoms with Gasteiger partial charge in [-0.05, 0) is 89.0 Å². The maximum absolute atomic E-state index is 13.4. The molecule has 1 saturated carbocycles. The number of hydrogen-bond acceptors (Lipinski definition) is 5. The van der Waals surface area contributed by atoms with Crippen molar-refractivity contribution in [1.82, 2.24) is 4.72 Å². The van der Waals surface area contributed by atoms with Crippen LogP contribution in [0, 0.1) is 17.7 Å². The van der Waals surface area contributed by atoms with Crippen molar-refractivity contribution >= 4 is 15.8 Å². The fourth-order valence-electron chi connectivity index (χ4n) is 5.79. The molecule has 2 N–H and O–H groups in total. The van der Waals surface area contributed by atoms with Gasteiger partial charge in [0.25, 0.3) is 0 Å². The van der Waals surface area contributed by atoms with E-state index in [4.69, 9.17) is 4.74 Å². The van der Waals surface area contributed by atoms with Gasteiger partial charge < -0.3 is 9.84 Å². The number of ketones is 1. The topological polar surface area (TPSA) is 92.7 Å². The molecule has 1 aromatic rings. The van der Waals surface area contributed by atoms with Crippen LogP contribution in [0.4, 0.5) is 4.39 Å². The molecular weight excluding hydrogens is 601 g/mol. The number of unbranched alkanes of at least 4 members (excludes halogenated alkanes) is 4. The second-order valence-electron chi connectivity index (χ2n) is 13.0. The molecule has 5 unspecified atom stereocenters. The summed E-state index contributed by atoms with van der Waals surface area (Å²) >= 11 is 0. The third kappa shape index (κ3) is 15.5. The Balaban J connectivity index is 1.61. The highest BCUT2D eigenvalue weighted by atomic mass is 32.2. The number of nitrogens with one attached hydrogen (secondary N) is 1. The van der Waals surface area contributed by atoms with E-state index in [-0.39, 0.29) is 23.0 Å². The number of Topliss-reactive ketones (excluding diaryl/α,β-unsaturated/α-hetero) is 1. The molecular formula is C38H58FNO5S. The van der Waals surface area contributed by atoms with Gasteiger partial charge in [-0.2, -0.15) is 0 Å². The molecule has 1 aliphatic rings. The van der Waals surface area contributed by atoms with E-state index in [1.54, 1.807) is 6.92 Å². The molecule has 0 heterocycles. The molecule has 0 saturated heterocycles. The molecule has 1 aliphatic carbocycles. The zero-order valence-corrected chi connectivity index (χ0v) is 29.5. The summed E-state index contributed by atoms with van der Waals surface area (Å²) in [4.78, 5) is 12.6. The van der Waals surface area contributed by atoms with E-state index in [2.05, 4.69) is 10.8 Å². The van der Waals surface area contributed by atoms with Crippen LogP contribution in [-0.4, -0.2) is 44.7 Å². The summed E-state index contributed by atoms with van der Waals surface area (Å²) in [5, 5.41) is 10.6. The van der Waals surface area contributed by atoms with E-state index in [1.165, 1.54) is 69.6 Å². The number of allylic oxidation sites excluding steroid dienone is 6. The van der Waals surface area contributed by atoms with E-state index in [0.29, 0.717) is 12.5 Å². The minimum atomic E-state index is -3.83. The standard InChI is InChI=1S/C38H58FNO5S/c1-29(32(4)40-46(43,44)36-25-17-23-34(39)27-36)18-12-8-6-9-13-19-30(2)37(41)28-38(42)31(3)20-14-10-7-11-15-21-33-22-16-24-35(26-33)45-5/h6,8-9,12,17-18,20,23,25,27,30,32-33,35,38,40,42H,7,10-11,13-16,19,21-22,24,26,28H2,1-5H3/b9-6+,12-8+,29-18+,31-20+. The Bertz CT molecular complexity index is 1290. The number of aliphatic hydroxyl groups excluding tert-OH is 1. The van der Waals surface area contributed by atoms with Crippen LogP contribution in [0.5, 0.6) is 0 Å². The van der Waals surface area contributed by atoms with Crippen LogP contribution in [0.1, 0.15) is 111 Å². The number of methoxy groups -OCH3 is 1. The second kappa shape index (κ2) is 21.5. The number of halogens is 1. The summed E-state index contributed by atoms with van der Waals surface area (Å²) in [6, 6.07) is 4.46. The normalized spacial score (nSPS) is 20.3. The van der Waals surface area contributed by atoms with Gasteiger partial charge in [0.1, 0.15) is 11.6 Å². The molecule has 0 radical (unpaired) electrons. The summed E-state index contributed by atoms with van der Waals surface area (Å²) in [5.74, 6) is 0.171. The Morgan fingerprint density at radius 1 is 1.07 bits per heavy atom. The van der Waals surface area contributed by atoms with Gasteiger partial charge >= 0.3 is 0 Å². The van der Waals surface area contributed by atoms with Crippen LogP contribution in [0.3, 0.4) is 0 Å². The van der Waals surface area contributed by atoms with Crippen molar-refractivity contribution in [1.29, 1.82) is 0 Å². The molecule has 2 rings (SSSR count). The van der Waals surface area contributed by atoms with E-state index >= 15 is 0 Å². The number of carbonyl (C=O) groups is 1. The lowest BCUT2D eigenvalue weighted by atomic mass is 9.84. The minimum absolute atomic E-state index is 0.0795. The lowest BCUT2D eigenvalue weighted by molar-refractivity contribution is -0.124. The smallest absolute Gasteiger partial charge is 0.241 e. The van der Waals surface area contributed by atoms with Gasteiger partial charge in [-0.25, -0.2) is 17.5 Å². The Labute approximate surface area is 278 Å². The van der Waals surface area contributed by atoms with Crippen LogP contribution >= 0.6 is 0 Å². The largest absolute Gasteiger partial charge is 0.388 e. The number of carbonyl (C=O) groups excluding carboxylic acids is 1. The first-order chi connectivity index (χ1) is 21.9. The molecule has 8 heteroatoms. The predicted molar refractivity (Wildman–Crippen MR) is 186 cm³/mol. The van der Waals surface area contributed by atoms with Crippen LogP contribution in [-0.2, 0) is 19.6 Å². The fourth-order valence-corrected chi connectivity index (χ4v) is 7.11. The zero-order chi connectivity index (χ0) is 34.0. The van der Waals surface area contributed by atoms with Crippen molar-refractivity contribution in [2.24, 2.45) is 11.8 Å². The van der Waals surface area contributed by atoms with E-state index in [9.17, 15) is 22.7 Å². The summed E-state index contributed by atoms with van der Waals surface area (Å²) < 4.78 is 46.5. The summed E-state index contributed by atoms with van der Waals surface area (Å²) in [7, 11) is -2.00. The Morgan fingerprint density at radius 2 is 1.83 bits per heavy atom. The monoisotopic (exact) mass is 659 g/mol. The Hall–Kier alpha value is -2.39. The molecule has 0 aliphatic heterocycles. The molecule has 1 fully saturated rings. The number of benzene rings is 1. The van der Waals surface area contributed by atoms with Crippen molar-refractivity contribution in [2.45, 2.75) is 134 Å². The van der Waals surface area contributed by atoms with E-state index in [0.717, 1.165) is 42.4 Å². The summed E-state index contributed by atoms with van der Waals surface area (Å²) in [6.45, 7) is 7.39. The number of rotatable bonds is 21. The van der Waals surface area contributed by atoms with Crippen LogP contribution in [0.25, 0.3) is 0 Å². The van der Waals surface area contributed by atoms with Crippen molar-refractivity contribution in [3.63, 3.8) is 0 Å². The number of aliphatic hydroxyl groups is 1. The van der Waals surface area contributed by atoms with Gasteiger partial charge in [-0.1, -0.05) is 93.5 Å². The molecule has 1 aromatic carbocycles. The maximum atomic E-state index is 13.4. The highest BCUT2D eigenvalue weighted by molar-refractivity contribution is 7.89. The number of sulfonamides is 1. The molecule has 258 valence electrons. The molecule has 0 amide bonds. The van der Waals surface area contributed by atoms with Gasteiger partial charge in [0.15, 0.2) is 0 Å². The highest BCUT2D eigenvalue weighted by Crippen LogP contribution is 2.30. The third-order valence-electron chi connectivity index (χ3n) is 9.18. The second-order valence-corrected chi connectivity index (χ2v) is 14.7. The van der Waals surface area contributed by atoms with Crippen LogP contribution < -0.4 is 4.72 Å². The van der Waals surface area contributed by atoms with Crippen molar-refractivity contribution in [3.05, 3.63) is 77.7 Å². The molecule has 0 spiro atoms. The molecule has 6 nitrogen and oxygen atoms in total. The SMILES string of the molecule is COC1CCCC(CCCCCC/C=C(\C)C(O)CC(=O)C(C)CC/C=C/C=C/C=C(\C)C(C)NS(=O)(=O)c2cccc(F)c2)C1. The Morgan fingerprint density at radius 3 is 2.57 bits per heavy atom. The average molecular weight is 660 g/mol. The maximum Gasteiger partial charge on any atom is 0.241 e. The van der Waals surface area contributed by atoms with Gasteiger partial charge in [-0.15, -0.1) is 0 Å². The molecule has 0 bridgehead atoms. The first-order valence-electron chi connectivity index (χ1n) is 17.1. The van der Waals surface area contributed by atoms with Gasteiger partial charge in [0.05, 0.1) is 17.1 Å². The van der Waals surface area contributed by atoms with Gasteiger partial charge in [0.2, 0.25) is 10.0 Å². The van der Waals surface area contributed by atoms with E-state index < -0.39 is 28.0 Å².